The van der Waals surface area contributed by atoms with Gasteiger partial charge in [0.2, 0.25) is 5.03 Å². The van der Waals surface area contributed by atoms with Crippen molar-refractivity contribution in [2.75, 3.05) is 5.75 Å². The first kappa shape index (κ1) is 13.7. The molecule has 8 heteroatoms. The minimum Gasteiger partial charge on any atom is -0.386 e. The van der Waals surface area contributed by atoms with Crippen molar-refractivity contribution < 1.29 is 38.6 Å². The lowest BCUT2D eigenvalue weighted by Crippen LogP contribution is -2.68. The lowest BCUT2D eigenvalue weighted by Gasteiger charge is -2.17. The fraction of sp³-hybridized carbons (Fsp3) is 0.375. The van der Waals surface area contributed by atoms with E-state index < -0.39 is 10.2 Å². The van der Waals surface area contributed by atoms with E-state index in [1.165, 1.54) is 5.03 Å². The number of aliphatic hydroxyl groups is 1. The summed E-state index contributed by atoms with van der Waals surface area (Å²) in [6.45, 7) is 0.739. The minimum atomic E-state index is -4.94. The molecule has 1 aromatic rings. The number of hydrogen-bond acceptors (Lipinski definition) is 6. The highest BCUT2D eigenvalue weighted by molar-refractivity contribution is 7.99. The second-order valence-electron chi connectivity index (χ2n) is 3.03. The molecule has 0 fully saturated rings. The maximum Gasteiger partial charge on any atom is 0.240 e. The molecule has 1 aliphatic heterocycles. The zero-order valence-electron chi connectivity index (χ0n) is 8.11. The third kappa shape index (κ3) is 5.61. The van der Waals surface area contributed by atoms with Crippen molar-refractivity contribution in [3.05, 3.63) is 24.4 Å². The van der Waals surface area contributed by atoms with E-state index in [1.807, 2.05) is 18.3 Å². The molecular weight excluding hydrogens is 258 g/mol. The number of aromatic nitrogens is 1. The van der Waals surface area contributed by atoms with Gasteiger partial charge >= 0.3 is 0 Å². The molecule has 1 N–H and O–H groups in total. The van der Waals surface area contributed by atoms with Crippen LogP contribution in [-0.4, -0.2) is 17.0 Å². The Hall–Kier alpha value is -0.410. The zero-order chi connectivity index (χ0) is 12.2. The predicted octanol–water partition coefficient (Wildman–Crippen LogP) is -4.32. The van der Waals surface area contributed by atoms with E-state index in [-0.39, 0.29) is 6.10 Å². The summed E-state index contributed by atoms with van der Waals surface area (Å²) in [5.74, 6) is 0.823. The van der Waals surface area contributed by atoms with Crippen LogP contribution in [0.4, 0.5) is 0 Å². The van der Waals surface area contributed by atoms with Crippen LogP contribution in [0.1, 0.15) is 0 Å². The van der Waals surface area contributed by atoms with E-state index in [1.54, 1.807) is 11.8 Å². The van der Waals surface area contributed by atoms with E-state index in [4.69, 9.17) is 18.6 Å². The molecule has 0 bridgehead atoms. The van der Waals surface area contributed by atoms with Crippen LogP contribution < -0.4 is 23.2 Å². The van der Waals surface area contributed by atoms with Gasteiger partial charge < -0.3 is 5.11 Å². The summed E-state index contributed by atoms with van der Waals surface area (Å²) < 4.78 is 36.1. The topological polar surface area (TPSA) is 116 Å². The largest absolute Gasteiger partial charge is 0.386 e. The number of fused-ring (bicyclic) bond motifs is 1. The van der Waals surface area contributed by atoms with Gasteiger partial charge in [0.1, 0.15) is 6.10 Å². The fourth-order valence-corrected chi connectivity index (χ4v) is 2.15. The summed E-state index contributed by atoms with van der Waals surface area (Å²) in [5, 5.41) is 10.6. The van der Waals surface area contributed by atoms with Crippen LogP contribution in [-0.2, 0) is 6.54 Å². The van der Waals surface area contributed by atoms with Crippen molar-refractivity contribution in [3.8, 4) is 0 Å². The molecule has 1 aliphatic rings. The van der Waals surface area contributed by atoms with Gasteiger partial charge in [0.15, 0.2) is 12.7 Å². The van der Waals surface area contributed by atoms with Crippen LogP contribution in [0.25, 0.3) is 0 Å². The molecule has 0 radical (unpaired) electrons. The van der Waals surface area contributed by atoms with E-state index in [0.29, 0.717) is 0 Å². The lowest BCUT2D eigenvalue weighted by atomic mass is 10.4. The van der Waals surface area contributed by atoms with Gasteiger partial charge in [-0.05, 0) is 6.07 Å². The molecule has 1 atom stereocenters. The summed E-state index contributed by atoms with van der Waals surface area (Å²) in [5.41, 5.74) is 0. The molecule has 16 heavy (non-hydrogen) atoms. The highest BCUT2D eigenvalue weighted by atomic mass is 35.7. The first-order chi connectivity index (χ1) is 7.36. The molecule has 0 spiro atoms. The van der Waals surface area contributed by atoms with Crippen LogP contribution >= 0.6 is 11.8 Å². The van der Waals surface area contributed by atoms with Gasteiger partial charge in [-0.1, -0.05) is 11.8 Å². The van der Waals surface area contributed by atoms with Gasteiger partial charge in [0.05, 0.1) is 0 Å². The highest BCUT2D eigenvalue weighted by Crippen LogP contribution is 2.17. The summed E-state index contributed by atoms with van der Waals surface area (Å²) in [6, 6.07) is 6.09. The average Bonchev–Trinajstić information content (AvgIpc) is 2.15. The van der Waals surface area contributed by atoms with Crippen LogP contribution in [0.3, 0.4) is 0 Å². The van der Waals surface area contributed by atoms with Crippen LogP contribution in [0.2, 0.25) is 0 Å². The summed E-state index contributed by atoms with van der Waals surface area (Å²) in [4.78, 5) is 0. The molecule has 0 amide bonds. The second-order valence-corrected chi connectivity index (χ2v) is 4.83. The Morgan fingerprint density at radius 2 is 1.94 bits per heavy atom. The Morgan fingerprint density at radius 1 is 1.31 bits per heavy atom. The molecular formula is C8H10ClNO5S. The Balaban J connectivity index is 0.000000221. The SMILES string of the molecule is OC1CSc2cccc[n+]2C1.[O-][Cl+3]([O-])([O-])[O-]. The Kier molecular flexibility index (Phi) is 4.93. The maximum atomic E-state index is 9.31. The molecule has 6 nitrogen and oxygen atoms in total. The Labute approximate surface area is 98.5 Å². The fourth-order valence-electron chi connectivity index (χ4n) is 1.20. The van der Waals surface area contributed by atoms with E-state index >= 15 is 0 Å². The van der Waals surface area contributed by atoms with Crippen molar-refractivity contribution in [2.45, 2.75) is 17.7 Å². The molecule has 2 heterocycles. The average molecular weight is 268 g/mol. The molecule has 0 saturated carbocycles. The van der Waals surface area contributed by atoms with Gasteiger partial charge in [-0.3, -0.25) is 0 Å². The van der Waals surface area contributed by atoms with Crippen LogP contribution in [0, 0.1) is 10.2 Å². The monoisotopic (exact) mass is 267 g/mol. The van der Waals surface area contributed by atoms with Crippen molar-refractivity contribution in [1.82, 2.24) is 0 Å². The number of rotatable bonds is 0. The van der Waals surface area contributed by atoms with Gasteiger partial charge in [-0.2, -0.15) is 4.57 Å². The van der Waals surface area contributed by atoms with Crippen molar-refractivity contribution in [2.24, 2.45) is 0 Å². The number of nitrogens with zero attached hydrogens (tertiary/aromatic N) is 1. The first-order valence-corrected chi connectivity index (χ1v) is 6.49. The molecule has 0 aromatic carbocycles. The molecule has 1 unspecified atom stereocenters. The van der Waals surface area contributed by atoms with E-state index in [0.717, 1.165) is 12.3 Å². The highest BCUT2D eigenvalue weighted by Gasteiger charge is 2.22. The van der Waals surface area contributed by atoms with Crippen LogP contribution in [0.5, 0.6) is 0 Å². The summed E-state index contributed by atoms with van der Waals surface area (Å²) in [7, 11) is -4.94. The zero-order valence-corrected chi connectivity index (χ0v) is 9.69. The van der Waals surface area contributed by atoms with Gasteiger partial charge in [0, 0.05) is 17.9 Å². The van der Waals surface area contributed by atoms with Gasteiger partial charge in [-0.15, -0.1) is 10.2 Å². The van der Waals surface area contributed by atoms with Crippen LogP contribution in [0.15, 0.2) is 29.4 Å². The number of hydrogen-bond donors (Lipinski definition) is 1. The third-order valence-corrected chi connectivity index (χ3v) is 2.95. The van der Waals surface area contributed by atoms with Gasteiger partial charge in [-0.25, -0.2) is 18.6 Å². The Bertz CT molecular complexity index is 339. The van der Waals surface area contributed by atoms with Crippen molar-refractivity contribution in [1.29, 1.82) is 0 Å². The smallest absolute Gasteiger partial charge is 0.240 e. The number of halogens is 1. The molecule has 90 valence electrons. The quantitative estimate of drug-likeness (QED) is 0.475. The molecule has 0 saturated heterocycles. The second kappa shape index (κ2) is 5.78. The van der Waals surface area contributed by atoms with Crippen molar-refractivity contribution in [3.63, 3.8) is 0 Å². The molecule has 0 aliphatic carbocycles. The van der Waals surface area contributed by atoms with E-state index in [2.05, 4.69) is 10.6 Å². The predicted molar refractivity (Wildman–Crippen MR) is 43.4 cm³/mol. The third-order valence-electron chi connectivity index (χ3n) is 1.73. The molecule has 1 aromatic heterocycles. The van der Waals surface area contributed by atoms with Crippen molar-refractivity contribution >= 4 is 11.8 Å². The van der Waals surface area contributed by atoms with Gasteiger partial charge in [0.25, 0.3) is 0 Å². The van der Waals surface area contributed by atoms with E-state index in [9.17, 15) is 5.11 Å². The number of pyridine rings is 1. The molecule has 2 rings (SSSR count). The summed E-state index contributed by atoms with van der Waals surface area (Å²) in [6.07, 6.45) is 1.82. The Morgan fingerprint density at radius 3 is 2.56 bits per heavy atom. The first-order valence-electron chi connectivity index (χ1n) is 4.27. The number of thioether (sulfide) groups is 1. The minimum absolute atomic E-state index is 0.181. The standard InChI is InChI=1S/C8H10NOS.ClHO4/c10-7-5-9-4-2-1-3-8(9)11-6-7;2-1(3,4)5/h1-4,7,10H,5-6H2;(H,2,3,4,5)/q+1;/p-1. The number of aliphatic hydroxyl groups excluding tert-OH is 1. The maximum absolute atomic E-state index is 9.31. The summed E-state index contributed by atoms with van der Waals surface area (Å²) >= 11 is 1.71. The normalized spacial score (nSPS) is 19.4. The lowest BCUT2D eigenvalue weighted by molar-refractivity contribution is -2.00.